The average molecular weight is 328 g/mol. The van der Waals surface area contributed by atoms with Crippen molar-refractivity contribution < 1.29 is 0 Å². The quantitative estimate of drug-likeness (QED) is 0.914. The summed E-state index contributed by atoms with van der Waals surface area (Å²) in [6.07, 6.45) is 7.20. The minimum Gasteiger partial charge on any atom is -0.357 e. The van der Waals surface area contributed by atoms with Gasteiger partial charge in [0.2, 0.25) is 5.78 Å². The van der Waals surface area contributed by atoms with Crippen LogP contribution in [-0.4, -0.2) is 47.1 Å². The lowest BCUT2D eigenvalue weighted by molar-refractivity contribution is 0.406. The maximum Gasteiger partial charge on any atom is 0.237 e. The van der Waals surface area contributed by atoms with Gasteiger partial charge in [-0.05, 0) is 39.7 Å². The highest BCUT2D eigenvalue weighted by molar-refractivity contribution is 5.59. The molecule has 0 radical (unpaired) electrons. The van der Waals surface area contributed by atoms with E-state index in [4.69, 9.17) is 9.97 Å². The van der Waals surface area contributed by atoms with E-state index in [1.54, 1.807) is 0 Å². The Balaban J connectivity index is 1.77. The van der Waals surface area contributed by atoms with Gasteiger partial charge in [-0.3, -0.25) is 4.40 Å². The number of hydrogen-bond donors (Lipinski definition) is 1. The molecule has 0 saturated carbocycles. The van der Waals surface area contributed by atoms with Gasteiger partial charge in [0.15, 0.2) is 0 Å². The van der Waals surface area contributed by atoms with E-state index in [2.05, 4.69) is 45.6 Å². The molecule has 2 saturated heterocycles. The smallest absolute Gasteiger partial charge is 0.237 e. The van der Waals surface area contributed by atoms with Crippen LogP contribution in [0.2, 0.25) is 0 Å². The lowest BCUT2D eigenvalue weighted by Gasteiger charge is -2.34. The van der Waals surface area contributed by atoms with Crippen molar-refractivity contribution in [2.45, 2.75) is 45.6 Å². The van der Waals surface area contributed by atoms with Crippen molar-refractivity contribution in [3.63, 3.8) is 0 Å². The van der Waals surface area contributed by atoms with Crippen molar-refractivity contribution in [3.8, 4) is 0 Å². The first-order valence-electron chi connectivity index (χ1n) is 9.43. The first-order valence-corrected chi connectivity index (χ1v) is 9.43. The number of rotatable bonds is 5. The maximum atomic E-state index is 4.89. The van der Waals surface area contributed by atoms with E-state index in [0.717, 1.165) is 50.0 Å². The van der Waals surface area contributed by atoms with Crippen LogP contribution in [0.25, 0.3) is 5.78 Å². The Morgan fingerprint density at radius 1 is 1.17 bits per heavy atom. The number of aromatic nitrogens is 3. The van der Waals surface area contributed by atoms with Crippen LogP contribution in [0.5, 0.6) is 0 Å². The first-order chi connectivity index (χ1) is 11.8. The normalized spacial score (nSPS) is 21.1. The van der Waals surface area contributed by atoms with Crippen LogP contribution in [0.1, 0.15) is 51.3 Å². The van der Waals surface area contributed by atoms with E-state index in [0.29, 0.717) is 6.04 Å². The summed E-state index contributed by atoms with van der Waals surface area (Å²) in [4.78, 5) is 14.5. The van der Waals surface area contributed by atoms with Gasteiger partial charge in [0.1, 0.15) is 11.6 Å². The number of nitrogens with one attached hydrogen (secondary N) is 1. The molecule has 2 aliphatic heterocycles. The molecule has 0 bridgehead atoms. The molecular formula is C18H28N6. The Kier molecular flexibility index (Phi) is 4.31. The number of piperidine rings is 1. The summed E-state index contributed by atoms with van der Waals surface area (Å²) in [7, 11) is 0. The van der Waals surface area contributed by atoms with E-state index in [1.165, 1.54) is 31.5 Å². The second kappa shape index (κ2) is 6.59. The molecule has 130 valence electrons. The Hall–Kier alpha value is -1.82. The average Bonchev–Trinajstić information content (AvgIpc) is 3.00. The molecule has 1 atom stereocenters. The zero-order chi connectivity index (χ0) is 16.5. The molecule has 1 N–H and O–H groups in total. The predicted octanol–water partition coefficient (Wildman–Crippen LogP) is 2.60. The van der Waals surface area contributed by atoms with Gasteiger partial charge in [0.25, 0.3) is 0 Å². The van der Waals surface area contributed by atoms with Gasteiger partial charge in [0, 0.05) is 38.4 Å². The van der Waals surface area contributed by atoms with Gasteiger partial charge in [0.05, 0.1) is 11.7 Å². The topological polar surface area (TPSA) is 48.7 Å². The summed E-state index contributed by atoms with van der Waals surface area (Å²) >= 11 is 0. The number of hydrogen-bond acceptors (Lipinski definition) is 5. The van der Waals surface area contributed by atoms with Gasteiger partial charge >= 0.3 is 0 Å². The highest BCUT2D eigenvalue weighted by atomic mass is 15.3. The molecule has 24 heavy (non-hydrogen) atoms. The zero-order valence-corrected chi connectivity index (χ0v) is 14.8. The van der Waals surface area contributed by atoms with Gasteiger partial charge in [-0.15, -0.1) is 0 Å². The second-order valence-corrected chi connectivity index (χ2v) is 6.82. The molecule has 0 aliphatic carbocycles. The Labute approximate surface area is 143 Å². The van der Waals surface area contributed by atoms with E-state index in [9.17, 15) is 0 Å². The zero-order valence-electron chi connectivity index (χ0n) is 14.8. The van der Waals surface area contributed by atoms with E-state index in [-0.39, 0.29) is 0 Å². The molecule has 2 aliphatic rings. The third-order valence-electron chi connectivity index (χ3n) is 5.36. The standard InChI is InChI=1S/C18H28N6/c1-3-22(4-2)16-12-17(23-10-7-11-23)24-13-15(20-18(24)21-16)14-8-5-6-9-19-14/h12-14,19H,3-11H2,1-2H3. The largest absolute Gasteiger partial charge is 0.357 e. The highest BCUT2D eigenvalue weighted by Crippen LogP contribution is 2.29. The minimum absolute atomic E-state index is 0.376. The molecule has 2 aromatic heterocycles. The van der Waals surface area contributed by atoms with Gasteiger partial charge in [-0.2, -0.15) is 4.98 Å². The van der Waals surface area contributed by atoms with Crippen LogP contribution in [-0.2, 0) is 0 Å². The first kappa shape index (κ1) is 15.7. The van der Waals surface area contributed by atoms with Gasteiger partial charge in [-0.25, -0.2) is 4.98 Å². The van der Waals surface area contributed by atoms with Crippen molar-refractivity contribution in [1.82, 2.24) is 19.7 Å². The van der Waals surface area contributed by atoms with Crippen LogP contribution < -0.4 is 15.1 Å². The van der Waals surface area contributed by atoms with Crippen LogP contribution in [0.3, 0.4) is 0 Å². The lowest BCUT2D eigenvalue weighted by Crippen LogP contribution is -2.38. The van der Waals surface area contributed by atoms with E-state index < -0.39 is 0 Å². The third-order valence-corrected chi connectivity index (χ3v) is 5.36. The molecule has 0 aromatic carbocycles. The van der Waals surface area contributed by atoms with E-state index in [1.807, 2.05) is 0 Å². The molecule has 0 spiro atoms. The summed E-state index contributed by atoms with van der Waals surface area (Å²) in [6.45, 7) is 9.66. The molecular weight excluding hydrogens is 300 g/mol. The van der Waals surface area contributed by atoms with Crippen molar-refractivity contribution in [2.24, 2.45) is 0 Å². The number of imidazole rings is 1. The molecule has 0 amide bonds. The molecule has 2 aromatic rings. The van der Waals surface area contributed by atoms with Crippen molar-refractivity contribution >= 4 is 17.4 Å². The van der Waals surface area contributed by atoms with Crippen LogP contribution in [0.15, 0.2) is 12.3 Å². The van der Waals surface area contributed by atoms with E-state index >= 15 is 0 Å². The van der Waals surface area contributed by atoms with Crippen molar-refractivity contribution in [3.05, 3.63) is 18.0 Å². The van der Waals surface area contributed by atoms with Crippen LogP contribution in [0.4, 0.5) is 11.6 Å². The lowest BCUT2D eigenvalue weighted by atomic mass is 10.0. The maximum absolute atomic E-state index is 4.89. The number of fused-ring (bicyclic) bond motifs is 1. The molecule has 6 heteroatoms. The summed E-state index contributed by atoms with van der Waals surface area (Å²) in [5, 5.41) is 3.61. The summed E-state index contributed by atoms with van der Waals surface area (Å²) < 4.78 is 2.19. The van der Waals surface area contributed by atoms with Gasteiger partial charge in [-0.1, -0.05) is 6.42 Å². The van der Waals surface area contributed by atoms with Crippen molar-refractivity contribution in [1.29, 1.82) is 0 Å². The Morgan fingerprint density at radius 2 is 2.00 bits per heavy atom. The van der Waals surface area contributed by atoms with Crippen LogP contribution in [0, 0.1) is 0 Å². The Bertz CT molecular complexity index is 695. The molecule has 1 unspecified atom stereocenters. The molecule has 2 fully saturated rings. The fraction of sp³-hybridized carbons (Fsp3) is 0.667. The molecule has 4 heterocycles. The fourth-order valence-corrected chi connectivity index (χ4v) is 3.73. The third kappa shape index (κ3) is 2.73. The monoisotopic (exact) mass is 328 g/mol. The van der Waals surface area contributed by atoms with Gasteiger partial charge < -0.3 is 15.1 Å². The summed E-state index contributed by atoms with van der Waals surface area (Å²) in [6, 6.07) is 2.61. The number of anilines is 2. The Morgan fingerprint density at radius 3 is 2.62 bits per heavy atom. The minimum atomic E-state index is 0.376. The SMILES string of the molecule is CCN(CC)c1cc(N2CCC2)n2cc(C3CCCCN3)nc2n1. The molecule has 4 rings (SSSR count). The predicted molar refractivity (Wildman–Crippen MR) is 98.0 cm³/mol. The summed E-state index contributed by atoms with van der Waals surface area (Å²) in [5.74, 6) is 3.12. The second-order valence-electron chi connectivity index (χ2n) is 6.82. The fourth-order valence-electron chi connectivity index (χ4n) is 3.73. The molecule has 6 nitrogen and oxygen atoms in total. The van der Waals surface area contributed by atoms with Crippen molar-refractivity contribution in [2.75, 3.05) is 42.5 Å². The number of nitrogens with zero attached hydrogens (tertiary/aromatic N) is 5. The highest BCUT2D eigenvalue weighted by Gasteiger charge is 2.23. The summed E-state index contributed by atoms with van der Waals surface area (Å²) in [5.41, 5.74) is 1.14. The van der Waals surface area contributed by atoms with Crippen LogP contribution >= 0.6 is 0 Å².